The summed E-state index contributed by atoms with van der Waals surface area (Å²) in [5.41, 5.74) is 2.11. The van der Waals surface area contributed by atoms with E-state index in [0.29, 0.717) is 5.75 Å². The van der Waals surface area contributed by atoms with Gasteiger partial charge in [-0.25, -0.2) is 0 Å². The van der Waals surface area contributed by atoms with Gasteiger partial charge in [-0.05, 0) is 42.3 Å². The second-order valence-electron chi connectivity index (χ2n) is 5.23. The van der Waals surface area contributed by atoms with Gasteiger partial charge in [-0.1, -0.05) is 23.9 Å². The van der Waals surface area contributed by atoms with Gasteiger partial charge in [0.25, 0.3) is 0 Å². The first-order chi connectivity index (χ1) is 11.8. The Bertz CT molecular complexity index is 747. The number of methoxy groups -OCH3 is 2. The molecule has 24 heavy (non-hydrogen) atoms. The van der Waals surface area contributed by atoms with Crippen molar-refractivity contribution in [1.29, 1.82) is 0 Å². The van der Waals surface area contributed by atoms with Crippen LogP contribution in [0, 0.1) is 0 Å². The molecule has 3 rings (SSSR count). The molecule has 0 aliphatic carbocycles. The van der Waals surface area contributed by atoms with Gasteiger partial charge < -0.3 is 9.47 Å². The van der Waals surface area contributed by atoms with Gasteiger partial charge in [0.05, 0.1) is 26.0 Å². The molecule has 1 aromatic heterocycles. The summed E-state index contributed by atoms with van der Waals surface area (Å²) < 4.78 is 10.6. The number of azo groups is 1. The molecule has 0 bridgehead atoms. The van der Waals surface area contributed by atoms with Crippen molar-refractivity contribution in [1.82, 2.24) is 4.98 Å². The first-order valence-corrected chi connectivity index (χ1v) is 8.64. The lowest BCUT2D eigenvalue weighted by atomic mass is 10.0. The van der Waals surface area contributed by atoms with Gasteiger partial charge in [-0.2, -0.15) is 5.11 Å². The molecule has 0 N–H and O–H groups in total. The Morgan fingerprint density at radius 3 is 2.67 bits per heavy atom. The second kappa shape index (κ2) is 7.97. The third kappa shape index (κ3) is 3.94. The van der Waals surface area contributed by atoms with Crippen molar-refractivity contribution >= 4 is 11.8 Å². The Morgan fingerprint density at radius 2 is 2.00 bits per heavy atom. The van der Waals surface area contributed by atoms with Crippen molar-refractivity contribution in [2.24, 2.45) is 10.2 Å². The lowest BCUT2D eigenvalue weighted by Gasteiger charge is -2.16. The molecule has 2 heterocycles. The predicted molar refractivity (Wildman–Crippen MR) is 95.4 cm³/mol. The fraction of sp³-hybridized carbons (Fsp3) is 0.278. The monoisotopic (exact) mass is 341 g/mol. The summed E-state index contributed by atoms with van der Waals surface area (Å²) in [5.74, 6) is 2.23. The maximum atomic E-state index is 5.35. The molecule has 1 aliphatic heterocycles. The normalized spacial score (nSPS) is 16.6. The molecule has 0 saturated carbocycles. The van der Waals surface area contributed by atoms with Crippen LogP contribution in [0.3, 0.4) is 0 Å². The minimum absolute atomic E-state index is 0.0176. The van der Waals surface area contributed by atoms with E-state index in [0.717, 1.165) is 34.2 Å². The van der Waals surface area contributed by atoms with Gasteiger partial charge in [-0.15, -0.1) is 5.11 Å². The van der Waals surface area contributed by atoms with Crippen LogP contribution < -0.4 is 9.47 Å². The molecule has 124 valence electrons. The number of nitrogens with zero attached hydrogens (tertiary/aromatic N) is 3. The maximum Gasteiger partial charge on any atom is 0.161 e. The SMILES string of the molecule is COc1ccc(C2CC=C(SCc3ccccn3)N=N2)cc1OC. The van der Waals surface area contributed by atoms with Crippen LogP contribution in [0.5, 0.6) is 11.5 Å². The summed E-state index contributed by atoms with van der Waals surface area (Å²) in [7, 11) is 3.27. The standard InChI is InChI=1S/C18H19N3O2S/c1-22-16-8-6-13(11-17(16)23-2)15-7-9-18(21-20-15)24-12-14-5-3-4-10-19-14/h3-6,8-11,15H,7,12H2,1-2H3. The highest BCUT2D eigenvalue weighted by atomic mass is 32.2. The molecule has 1 unspecified atom stereocenters. The van der Waals surface area contributed by atoms with Gasteiger partial charge in [0, 0.05) is 11.9 Å². The van der Waals surface area contributed by atoms with Crippen molar-refractivity contribution in [3.05, 3.63) is 65.0 Å². The van der Waals surface area contributed by atoms with Crippen LogP contribution in [0.2, 0.25) is 0 Å². The van der Waals surface area contributed by atoms with Crippen LogP contribution in [0.1, 0.15) is 23.7 Å². The highest BCUT2D eigenvalue weighted by Gasteiger charge is 2.16. The quantitative estimate of drug-likeness (QED) is 0.759. The van der Waals surface area contributed by atoms with Crippen LogP contribution in [0.15, 0.2) is 63.9 Å². The van der Waals surface area contributed by atoms with Crippen molar-refractivity contribution in [2.45, 2.75) is 18.2 Å². The first kappa shape index (κ1) is 16.5. The molecule has 6 heteroatoms. The van der Waals surface area contributed by atoms with Gasteiger partial charge >= 0.3 is 0 Å². The number of hydrogen-bond donors (Lipinski definition) is 0. The molecule has 0 radical (unpaired) electrons. The van der Waals surface area contributed by atoms with Gasteiger partial charge in [0.15, 0.2) is 11.5 Å². The lowest BCUT2D eigenvalue weighted by molar-refractivity contribution is 0.354. The molecular weight excluding hydrogens is 322 g/mol. The molecule has 0 spiro atoms. The predicted octanol–water partition coefficient (Wildman–Crippen LogP) is 4.77. The number of pyridine rings is 1. The minimum Gasteiger partial charge on any atom is -0.493 e. The Kier molecular flexibility index (Phi) is 5.48. The Balaban J connectivity index is 1.62. The zero-order chi connectivity index (χ0) is 16.8. The van der Waals surface area contributed by atoms with Crippen LogP contribution in [0.25, 0.3) is 0 Å². The molecule has 0 amide bonds. The Hall–Kier alpha value is -2.34. The fourth-order valence-corrected chi connectivity index (χ4v) is 3.19. The van der Waals surface area contributed by atoms with E-state index in [9.17, 15) is 0 Å². The van der Waals surface area contributed by atoms with E-state index in [2.05, 4.69) is 21.3 Å². The number of aromatic nitrogens is 1. The Labute approximate surface area is 145 Å². The van der Waals surface area contributed by atoms with E-state index in [1.54, 1.807) is 32.2 Å². The molecule has 2 aromatic rings. The first-order valence-electron chi connectivity index (χ1n) is 7.66. The largest absolute Gasteiger partial charge is 0.493 e. The average molecular weight is 341 g/mol. The molecule has 5 nitrogen and oxygen atoms in total. The molecule has 0 fully saturated rings. The molecule has 0 saturated heterocycles. The number of benzene rings is 1. The number of ether oxygens (including phenoxy) is 2. The molecule has 1 aromatic carbocycles. The van der Waals surface area contributed by atoms with E-state index < -0.39 is 0 Å². The zero-order valence-electron chi connectivity index (χ0n) is 13.7. The summed E-state index contributed by atoms with van der Waals surface area (Å²) in [6.07, 6.45) is 4.76. The van der Waals surface area contributed by atoms with Crippen LogP contribution in [-0.4, -0.2) is 19.2 Å². The topological polar surface area (TPSA) is 56.1 Å². The number of rotatable bonds is 6. The van der Waals surface area contributed by atoms with Crippen molar-refractivity contribution < 1.29 is 9.47 Å². The highest BCUT2D eigenvalue weighted by molar-refractivity contribution is 8.02. The van der Waals surface area contributed by atoms with Gasteiger partial charge in [0.1, 0.15) is 5.03 Å². The Morgan fingerprint density at radius 1 is 1.12 bits per heavy atom. The number of hydrogen-bond acceptors (Lipinski definition) is 6. The molecular formula is C18H19N3O2S. The van der Waals surface area contributed by atoms with E-state index in [4.69, 9.17) is 9.47 Å². The van der Waals surface area contributed by atoms with Gasteiger partial charge in [0.2, 0.25) is 0 Å². The van der Waals surface area contributed by atoms with E-state index in [1.807, 2.05) is 36.4 Å². The number of thioether (sulfide) groups is 1. The third-order valence-corrected chi connectivity index (χ3v) is 4.68. The van der Waals surface area contributed by atoms with E-state index >= 15 is 0 Å². The van der Waals surface area contributed by atoms with Crippen LogP contribution >= 0.6 is 11.8 Å². The fourth-order valence-electron chi connectivity index (χ4n) is 2.41. The summed E-state index contributed by atoms with van der Waals surface area (Å²) in [6.45, 7) is 0. The summed E-state index contributed by atoms with van der Waals surface area (Å²) in [4.78, 5) is 4.31. The maximum absolute atomic E-state index is 5.35. The third-order valence-electron chi connectivity index (χ3n) is 3.70. The van der Waals surface area contributed by atoms with Crippen molar-refractivity contribution in [3.8, 4) is 11.5 Å². The smallest absolute Gasteiger partial charge is 0.161 e. The summed E-state index contributed by atoms with van der Waals surface area (Å²) >= 11 is 1.65. The second-order valence-corrected chi connectivity index (χ2v) is 6.23. The highest BCUT2D eigenvalue weighted by Crippen LogP contribution is 2.36. The van der Waals surface area contributed by atoms with Crippen LogP contribution in [-0.2, 0) is 5.75 Å². The van der Waals surface area contributed by atoms with Crippen molar-refractivity contribution in [3.63, 3.8) is 0 Å². The van der Waals surface area contributed by atoms with E-state index in [-0.39, 0.29) is 6.04 Å². The van der Waals surface area contributed by atoms with Crippen LogP contribution in [0.4, 0.5) is 0 Å². The zero-order valence-corrected chi connectivity index (χ0v) is 14.5. The molecule has 1 aliphatic rings. The molecule has 1 atom stereocenters. The average Bonchev–Trinajstić information content (AvgIpc) is 2.67. The summed E-state index contributed by atoms with van der Waals surface area (Å²) in [6, 6.07) is 11.8. The lowest BCUT2D eigenvalue weighted by Crippen LogP contribution is -1.99. The van der Waals surface area contributed by atoms with Gasteiger partial charge in [-0.3, -0.25) is 4.98 Å². The minimum atomic E-state index is 0.0176. The van der Waals surface area contributed by atoms with Crippen molar-refractivity contribution in [2.75, 3.05) is 14.2 Å². The van der Waals surface area contributed by atoms with E-state index in [1.165, 1.54) is 0 Å². The summed E-state index contributed by atoms with van der Waals surface area (Å²) in [5, 5.41) is 9.74.